The van der Waals surface area contributed by atoms with E-state index in [4.69, 9.17) is 0 Å². The van der Waals surface area contributed by atoms with Crippen molar-refractivity contribution < 1.29 is 4.79 Å². The van der Waals surface area contributed by atoms with Crippen LogP contribution in [0.4, 0.5) is 0 Å². The monoisotopic (exact) mass is 495 g/mol. The van der Waals surface area contributed by atoms with Gasteiger partial charge in [0.15, 0.2) is 5.96 Å². The first-order valence-electron chi connectivity index (χ1n) is 10.5. The zero-order valence-corrected chi connectivity index (χ0v) is 20.3. The first-order chi connectivity index (χ1) is 12.5. The minimum atomic E-state index is 0. The second-order valence-corrected chi connectivity index (χ2v) is 7.77. The molecule has 160 valence electrons. The number of aliphatic imine (C=N–C) groups is 1. The molecule has 1 amide bonds. The molecular formula is C20H42IN5O. The largest absolute Gasteiger partial charge is 0.356 e. The van der Waals surface area contributed by atoms with Crippen molar-refractivity contribution >= 4 is 35.8 Å². The fraction of sp³-hybridized carbons (Fsp3) is 0.900. The highest BCUT2D eigenvalue weighted by atomic mass is 127. The van der Waals surface area contributed by atoms with Gasteiger partial charge in [-0.25, -0.2) is 0 Å². The summed E-state index contributed by atoms with van der Waals surface area (Å²) in [7, 11) is 1.78. The van der Waals surface area contributed by atoms with Gasteiger partial charge in [-0.15, -0.1) is 24.0 Å². The summed E-state index contributed by atoms with van der Waals surface area (Å²) in [5, 5.41) is 9.71. The minimum Gasteiger partial charge on any atom is -0.356 e. The summed E-state index contributed by atoms with van der Waals surface area (Å²) in [6, 6.07) is 0.751. The van der Waals surface area contributed by atoms with Crippen molar-refractivity contribution in [3.63, 3.8) is 0 Å². The standard InChI is InChI=1S/C20H41N5O.HI/c1-6-17(4)24-19(26)11-12-22-20(21-5)23-15-18(16(2)3)25-13-9-7-8-10-14-25;/h16-18H,6-15H2,1-5H3,(H,24,26)(H2,21,22,23);1H. The Morgan fingerprint density at radius 1 is 1.07 bits per heavy atom. The molecule has 1 rings (SSSR count). The summed E-state index contributed by atoms with van der Waals surface area (Å²) in [6.45, 7) is 12.6. The first kappa shape index (κ1) is 26.4. The van der Waals surface area contributed by atoms with Gasteiger partial charge >= 0.3 is 0 Å². The molecule has 0 aromatic carbocycles. The van der Waals surface area contributed by atoms with Crippen molar-refractivity contribution in [2.45, 2.75) is 78.3 Å². The SMILES string of the molecule is CCC(C)NC(=O)CCNC(=NC)NCC(C(C)C)N1CCCCCC1.I. The van der Waals surface area contributed by atoms with Crippen molar-refractivity contribution in [2.24, 2.45) is 10.9 Å². The third-order valence-electron chi connectivity index (χ3n) is 5.25. The fourth-order valence-electron chi connectivity index (χ4n) is 3.38. The van der Waals surface area contributed by atoms with Crippen LogP contribution >= 0.6 is 24.0 Å². The lowest BCUT2D eigenvalue weighted by Gasteiger charge is -2.34. The van der Waals surface area contributed by atoms with Crippen LogP contribution in [-0.4, -0.2) is 62.1 Å². The van der Waals surface area contributed by atoms with Gasteiger partial charge in [-0.1, -0.05) is 33.6 Å². The average Bonchev–Trinajstić information content (AvgIpc) is 2.89. The van der Waals surface area contributed by atoms with Crippen LogP contribution in [0.3, 0.4) is 0 Å². The third-order valence-corrected chi connectivity index (χ3v) is 5.25. The van der Waals surface area contributed by atoms with Crippen molar-refractivity contribution in [2.75, 3.05) is 33.2 Å². The van der Waals surface area contributed by atoms with Gasteiger partial charge in [0.2, 0.25) is 5.91 Å². The molecule has 2 unspecified atom stereocenters. The molecule has 0 saturated carbocycles. The highest BCUT2D eigenvalue weighted by molar-refractivity contribution is 14.0. The Kier molecular flexibility index (Phi) is 15.0. The zero-order valence-electron chi connectivity index (χ0n) is 18.0. The highest BCUT2D eigenvalue weighted by Crippen LogP contribution is 2.17. The molecule has 2 atom stereocenters. The predicted octanol–water partition coefficient (Wildman–Crippen LogP) is 2.97. The van der Waals surface area contributed by atoms with Crippen LogP contribution in [0.25, 0.3) is 0 Å². The smallest absolute Gasteiger partial charge is 0.221 e. The van der Waals surface area contributed by atoms with E-state index >= 15 is 0 Å². The highest BCUT2D eigenvalue weighted by Gasteiger charge is 2.22. The molecule has 6 nitrogen and oxygen atoms in total. The lowest BCUT2D eigenvalue weighted by Crippen LogP contribution is -2.50. The lowest BCUT2D eigenvalue weighted by atomic mass is 10.0. The molecule has 1 saturated heterocycles. The van der Waals surface area contributed by atoms with Crippen LogP contribution in [0, 0.1) is 5.92 Å². The summed E-state index contributed by atoms with van der Waals surface area (Å²) in [6.07, 6.45) is 6.75. The molecule has 0 radical (unpaired) electrons. The van der Waals surface area contributed by atoms with E-state index in [9.17, 15) is 4.79 Å². The van der Waals surface area contributed by atoms with E-state index in [-0.39, 0.29) is 35.9 Å². The average molecular weight is 495 g/mol. The number of carbonyl (C=O) groups is 1. The number of nitrogens with zero attached hydrogens (tertiary/aromatic N) is 2. The van der Waals surface area contributed by atoms with Crippen LogP contribution < -0.4 is 16.0 Å². The summed E-state index contributed by atoms with van der Waals surface area (Å²) in [4.78, 5) is 18.8. The van der Waals surface area contributed by atoms with Crippen molar-refractivity contribution in [3.05, 3.63) is 0 Å². The van der Waals surface area contributed by atoms with Crippen LogP contribution in [-0.2, 0) is 4.79 Å². The fourth-order valence-corrected chi connectivity index (χ4v) is 3.38. The molecule has 3 N–H and O–H groups in total. The van der Waals surface area contributed by atoms with Crippen molar-refractivity contribution in [3.8, 4) is 0 Å². The van der Waals surface area contributed by atoms with Gasteiger partial charge in [0, 0.05) is 38.6 Å². The van der Waals surface area contributed by atoms with Gasteiger partial charge < -0.3 is 16.0 Å². The van der Waals surface area contributed by atoms with Gasteiger partial charge in [-0.2, -0.15) is 0 Å². The maximum atomic E-state index is 11.9. The lowest BCUT2D eigenvalue weighted by molar-refractivity contribution is -0.121. The van der Waals surface area contributed by atoms with Gasteiger partial charge in [0.05, 0.1) is 0 Å². The van der Waals surface area contributed by atoms with Crippen LogP contribution in [0.1, 0.15) is 66.2 Å². The van der Waals surface area contributed by atoms with E-state index in [1.165, 1.54) is 38.8 Å². The molecule has 7 heteroatoms. The predicted molar refractivity (Wildman–Crippen MR) is 126 cm³/mol. The minimum absolute atomic E-state index is 0. The Morgan fingerprint density at radius 3 is 2.22 bits per heavy atom. The maximum absolute atomic E-state index is 11.9. The Bertz CT molecular complexity index is 423. The summed E-state index contributed by atoms with van der Waals surface area (Å²) in [5.74, 6) is 1.47. The molecule has 0 aromatic rings. The van der Waals surface area contributed by atoms with Gasteiger partial charge in [-0.05, 0) is 45.2 Å². The summed E-state index contributed by atoms with van der Waals surface area (Å²) < 4.78 is 0. The van der Waals surface area contributed by atoms with E-state index in [2.05, 4.69) is 46.6 Å². The molecule has 1 heterocycles. The molecule has 27 heavy (non-hydrogen) atoms. The van der Waals surface area contributed by atoms with E-state index in [1.54, 1.807) is 7.05 Å². The Balaban J connectivity index is 0.00000676. The van der Waals surface area contributed by atoms with Gasteiger partial charge in [-0.3, -0.25) is 14.7 Å². The number of halogens is 1. The second kappa shape index (κ2) is 15.4. The number of nitrogens with one attached hydrogen (secondary N) is 3. The molecule has 1 aliphatic rings. The quantitative estimate of drug-likeness (QED) is 0.262. The normalized spacial score (nSPS) is 18.2. The van der Waals surface area contributed by atoms with Gasteiger partial charge in [0.1, 0.15) is 0 Å². The van der Waals surface area contributed by atoms with Crippen LogP contribution in [0.2, 0.25) is 0 Å². The number of hydrogen-bond donors (Lipinski definition) is 3. The second-order valence-electron chi connectivity index (χ2n) is 7.77. The van der Waals surface area contributed by atoms with Crippen molar-refractivity contribution in [1.82, 2.24) is 20.9 Å². The number of carbonyl (C=O) groups excluding carboxylic acids is 1. The number of amides is 1. The molecule has 1 aliphatic heterocycles. The third kappa shape index (κ3) is 11.1. The zero-order chi connectivity index (χ0) is 19.4. The Hall–Kier alpha value is -0.570. The van der Waals surface area contributed by atoms with Gasteiger partial charge in [0.25, 0.3) is 0 Å². The van der Waals surface area contributed by atoms with Crippen LogP contribution in [0.5, 0.6) is 0 Å². The number of rotatable bonds is 9. The molecule has 0 aliphatic carbocycles. The molecule has 0 bridgehead atoms. The number of hydrogen-bond acceptors (Lipinski definition) is 3. The molecule has 0 aromatic heterocycles. The first-order valence-corrected chi connectivity index (χ1v) is 10.5. The topological polar surface area (TPSA) is 68.8 Å². The summed E-state index contributed by atoms with van der Waals surface area (Å²) in [5.41, 5.74) is 0. The van der Waals surface area contributed by atoms with Crippen molar-refractivity contribution in [1.29, 1.82) is 0 Å². The Morgan fingerprint density at radius 2 is 1.70 bits per heavy atom. The van der Waals surface area contributed by atoms with Crippen LogP contribution in [0.15, 0.2) is 4.99 Å². The van der Waals surface area contributed by atoms with E-state index in [0.717, 1.165) is 18.9 Å². The number of likely N-dealkylation sites (tertiary alicyclic amines) is 1. The molecule has 0 spiro atoms. The van der Waals surface area contributed by atoms with E-state index < -0.39 is 0 Å². The summed E-state index contributed by atoms with van der Waals surface area (Å²) >= 11 is 0. The van der Waals surface area contributed by atoms with E-state index in [1.807, 2.05) is 6.92 Å². The Labute approximate surface area is 183 Å². The maximum Gasteiger partial charge on any atom is 0.221 e. The molecule has 1 fully saturated rings. The number of guanidine groups is 1. The molecular weight excluding hydrogens is 453 g/mol. The van der Waals surface area contributed by atoms with E-state index in [0.29, 0.717) is 24.9 Å².